The highest BCUT2D eigenvalue weighted by molar-refractivity contribution is 5.97. The van der Waals surface area contributed by atoms with E-state index in [0.717, 1.165) is 24.8 Å². The van der Waals surface area contributed by atoms with Crippen molar-refractivity contribution in [1.82, 2.24) is 0 Å². The SMILES string of the molecule is CC(=O)c1ccc(NC(=O)[C@H](C)OC(=O)Cc2ccc3c(c2)CCC3)cc1. The topological polar surface area (TPSA) is 72.5 Å². The third-order valence-electron chi connectivity index (χ3n) is 4.75. The zero-order chi connectivity index (χ0) is 19.4. The van der Waals surface area contributed by atoms with Crippen LogP contribution >= 0.6 is 0 Å². The summed E-state index contributed by atoms with van der Waals surface area (Å²) in [7, 11) is 0. The van der Waals surface area contributed by atoms with Gasteiger partial charge in [-0.25, -0.2) is 0 Å². The fraction of sp³-hybridized carbons (Fsp3) is 0.318. The van der Waals surface area contributed by atoms with Gasteiger partial charge in [-0.1, -0.05) is 18.2 Å². The maximum absolute atomic E-state index is 12.2. The van der Waals surface area contributed by atoms with Crippen molar-refractivity contribution < 1.29 is 19.1 Å². The van der Waals surface area contributed by atoms with Crippen molar-refractivity contribution in [3.8, 4) is 0 Å². The third kappa shape index (κ3) is 4.82. The molecule has 1 aliphatic rings. The molecule has 0 fully saturated rings. The van der Waals surface area contributed by atoms with Crippen molar-refractivity contribution in [1.29, 1.82) is 0 Å². The molecule has 0 unspecified atom stereocenters. The molecule has 1 N–H and O–H groups in total. The lowest BCUT2D eigenvalue weighted by Crippen LogP contribution is -2.30. The summed E-state index contributed by atoms with van der Waals surface area (Å²) in [4.78, 5) is 35.7. The molecule has 140 valence electrons. The second kappa shape index (κ2) is 8.16. The minimum atomic E-state index is -0.903. The molecule has 1 amide bonds. The minimum Gasteiger partial charge on any atom is -0.452 e. The molecule has 0 saturated carbocycles. The molecule has 5 nitrogen and oxygen atoms in total. The molecule has 0 aromatic heterocycles. The molecule has 5 heteroatoms. The van der Waals surface area contributed by atoms with Gasteiger partial charge in [-0.15, -0.1) is 0 Å². The first-order chi connectivity index (χ1) is 12.9. The molecule has 0 heterocycles. The number of anilines is 1. The molecule has 3 rings (SSSR count). The maximum atomic E-state index is 12.2. The second-order valence-electron chi connectivity index (χ2n) is 6.89. The molecule has 2 aromatic rings. The van der Waals surface area contributed by atoms with Crippen LogP contribution in [0.4, 0.5) is 5.69 Å². The van der Waals surface area contributed by atoms with E-state index in [-0.39, 0.29) is 12.2 Å². The van der Waals surface area contributed by atoms with E-state index in [1.54, 1.807) is 31.2 Å². The van der Waals surface area contributed by atoms with Gasteiger partial charge in [0.15, 0.2) is 11.9 Å². The molecule has 1 aliphatic carbocycles. The maximum Gasteiger partial charge on any atom is 0.311 e. The lowest BCUT2D eigenvalue weighted by molar-refractivity contribution is -0.152. The highest BCUT2D eigenvalue weighted by Crippen LogP contribution is 2.23. The van der Waals surface area contributed by atoms with E-state index < -0.39 is 18.0 Å². The summed E-state index contributed by atoms with van der Waals surface area (Å²) >= 11 is 0. The molecular formula is C22H23NO4. The number of hydrogen-bond acceptors (Lipinski definition) is 4. The van der Waals surface area contributed by atoms with Crippen LogP contribution in [0.2, 0.25) is 0 Å². The Morgan fingerprint density at radius 1 is 1.04 bits per heavy atom. The normalized spacial score (nSPS) is 13.6. The quantitative estimate of drug-likeness (QED) is 0.628. The number of carbonyl (C=O) groups is 3. The molecule has 27 heavy (non-hydrogen) atoms. The number of ketones is 1. The van der Waals surface area contributed by atoms with Crippen LogP contribution in [0.1, 0.15) is 47.3 Å². The zero-order valence-corrected chi connectivity index (χ0v) is 15.6. The molecule has 1 atom stereocenters. The molecule has 0 saturated heterocycles. The Kier molecular flexibility index (Phi) is 5.69. The fourth-order valence-electron chi connectivity index (χ4n) is 3.23. The first kappa shape index (κ1) is 18.8. The van der Waals surface area contributed by atoms with Gasteiger partial charge in [0, 0.05) is 11.3 Å². The molecular weight excluding hydrogens is 342 g/mol. The van der Waals surface area contributed by atoms with Crippen LogP contribution < -0.4 is 5.32 Å². The first-order valence-corrected chi connectivity index (χ1v) is 9.14. The van der Waals surface area contributed by atoms with Crippen molar-refractivity contribution >= 4 is 23.3 Å². The van der Waals surface area contributed by atoms with Gasteiger partial charge in [-0.3, -0.25) is 14.4 Å². The van der Waals surface area contributed by atoms with Gasteiger partial charge in [0.25, 0.3) is 5.91 Å². The monoisotopic (exact) mass is 365 g/mol. The van der Waals surface area contributed by atoms with Crippen molar-refractivity contribution in [2.45, 2.75) is 45.6 Å². The summed E-state index contributed by atoms with van der Waals surface area (Å²) in [5.74, 6) is -0.878. The Labute approximate surface area is 158 Å². The summed E-state index contributed by atoms with van der Waals surface area (Å²) in [5.41, 5.74) is 4.69. The summed E-state index contributed by atoms with van der Waals surface area (Å²) in [6.07, 6.45) is 2.57. The van der Waals surface area contributed by atoms with Crippen molar-refractivity contribution in [2.75, 3.05) is 5.32 Å². The largest absolute Gasteiger partial charge is 0.452 e. The molecule has 2 aromatic carbocycles. The average molecular weight is 365 g/mol. The van der Waals surface area contributed by atoms with Crippen molar-refractivity contribution in [3.05, 3.63) is 64.7 Å². The van der Waals surface area contributed by atoms with Crippen LogP contribution in [0.25, 0.3) is 0 Å². The van der Waals surface area contributed by atoms with E-state index in [4.69, 9.17) is 4.74 Å². The Morgan fingerprint density at radius 2 is 1.74 bits per heavy atom. The predicted octanol–water partition coefficient (Wildman–Crippen LogP) is 3.49. The standard InChI is InChI=1S/C22H23NO4/c1-14(24)17-8-10-20(11-9-17)23-22(26)15(2)27-21(25)13-16-6-7-18-4-3-5-19(18)12-16/h6-12,15H,3-5,13H2,1-2H3,(H,23,26)/t15-/m0/s1. The van der Waals surface area contributed by atoms with Gasteiger partial charge in [0.1, 0.15) is 0 Å². The van der Waals surface area contributed by atoms with Gasteiger partial charge < -0.3 is 10.1 Å². The summed E-state index contributed by atoms with van der Waals surface area (Å²) < 4.78 is 5.26. The Balaban J connectivity index is 1.52. The van der Waals surface area contributed by atoms with Crippen molar-refractivity contribution in [3.63, 3.8) is 0 Å². The summed E-state index contributed by atoms with van der Waals surface area (Å²) in [6.45, 7) is 3.02. The number of hydrogen-bond donors (Lipinski definition) is 1. The summed E-state index contributed by atoms with van der Waals surface area (Å²) in [6, 6.07) is 12.7. The Morgan fingerprint density at radius 3 is 2.44 bits per heavy atom. The van der Waals surface area contributed by atoms with Gasteiger partial charge in [0.05, 0.1) is 6.42 Å². The van der Waals surface area contributed by atoms with Gasteiger partial charge in [-0.05, 0) is 74.1 Å². The fourth-order valence-corrected chi connectivity index (χ4v) is 3.23. The lowest BCUT2D eigenvalue weighted by atomic mass is 10.0. The number of rotatable bonds is 6. The third-order valence-corrected chi connectivity index (χ3v) is 4.75. The molecule has 0 radical (unpaired) electrons. The number of carbonyl (C=O) groups excluding carboxylic acids is 3. The lowest BCUT2D eigenvalue weighted by Gasteiger charge is -2.14. The number of nitrogens with one attached hydrogen (secondary N) is 1. The average Bonchev–Trinajstić information content (AvgIpc) is 3.09. The van der Waals surface area contributed by atoms with Gasteiger partial charge in [-0.2, -0.15) is 0 Å². The number of aryl methyl sites for hydroxylation is 2. The van der Waals surface area contributed by atoms with Crippen molar-refractivity contribution in [2.24, 2.45) is 0 Å². The van der Waals surface area contributed by atoms with E-state index in [1.807, 2.05) is 6.07 Å². The van der Waals surface area contributed by atoms with E-state index in [1.165, 1.54) is 18.1 Å². The molecule has 0 bridgehead atoms. The smallest absolute Gasteiger partial charge is 0.311 e. The number of Topliss-reactive ketones (excluding diaryl/α,β-unsaturated/α-hetero) is 1. The number of fused-ring (bicyclic) bond motifs is 1. The minimum absolute atomic E-state index is 0.0401. The summed E-state index contributed by atoms with van der Waals surface area (Å²) in [5, 5.41) is 2.68. The highest BCUT2D eigenvalue weighted by Gasteiger charge is 2.19. The van der Waals surface area contributed by atoms with Gasteiger partial charge in [0.2, 0.25) is 0 Å². The van der Waals surface area contributed by atoms with Crippen LogP contribution in [0, 0.1) is 0 Å². The van der Waals surface area contributed by atoms with Crippen LogP contribution in [0.15, 0.2) is 42.5 Å². The van der Waals surface area contributed by atoms with Crippen LogP contribution in [0.5, 0.6) is 0 Å². The zero-order valence-electron chi connectivity index (χ0n) is 15.6. The number of ether oxygens (including phenoxy) is 1. The van der Waals surface area contributed by atoms with E-state index >= 15 is 0 Å². The molecule has 0 aliphatic heterocycles. The van der Waals surface area contributed by atoms with Crippen LogP contribution in [0.3, 0.4) is 0 Å². The van der Waals surface area contributed by atoms with Crippen LogP contribution in [-0.2, 0) is 33.6 Å². The number of esters is 1. The predicted molar refractivity (Wildman–Crippen MR) is 103 cm³/mol. The van der Waals surface area contributed by atoms with E-state index in [2.05, 4.69) is 17.4 Å². The Hall–Kier alpha value is -2.95. The van der Waals surface area contributed by atoms with Gasteiger partial charge >= 0.3 is 5.97 Å². The Bertz CT molecular complexity index is 870. The highest BCUT2D eigenvalue weighted by atomic mass is 16.5. The van der Waals surface area contributed by atoms with Crippen LogP contribution in [-0.4, -0.2) is 23.8 Å². The number of benzene rings is 2. The molecule has 0 spiro atoms. The number of amides is 1. The van der Waals surface area contributed by atoms with E-state index in [0.29, 0.717) is 11.3 Å². The second-order valence-corrected chi connectivity index (χ2v) is 6.89. The van der Waals surface area contributed by atoms with E-state index in [9.17, 15) is 14.4 Å². The first-order valence-electron chi connectivity index (χ1n) is 9.14.